The molecule has 0 saturated carbocycles. The van der Waals surface area contributed by atoms with Crippen LogP contribution in [0.4, 0.5) is 0 Å². The van der Waals surface area contributed by atoms with Gasteiger partial charge >= 0.3 is 0 Å². The van der Waals surface area contributed by atoms with Gasteiger partial charge in [0.15, 0.2) is 0 Å². The Hall–Kier alpha value is -0.850. The summed E-state index contributed by atoms with van der Waals surface area (Å²) in [5.41, 5.74) is 0. The molecule has 1 unspecified atom stereocenters. The first-order valence-corrected chi connectivity index (χ1v) is 7.20. The zero-order chi connectivity index (χ0) is 13.7. The van der Waals surface area contributed by atoms with E-state index in [2.05, 4.69) is 15.5 Å². The summed E-state index contributed by atoms with van der Waals surface area (Å²) >= 11 is 0. The number of nitrogens with one attached hydrogen (secondary N) is 2. The van der Waals surface area contributed by atoms with E-state index in [0.717, 1.165) is 39.0 Å². The Kier molecular flexibility index (Phi) is 7.26. The molecule has 20 heavy (non-hydrogen) atoms. The van der Waals surface area contributed by atoms with Crippen molar-refractivity contribution in [3.8, 4) is 0 Å². The number of hydrogen-bond donors (Lipinski definition) is 2. The van der Waals surface area contributed by atoms with Gasteiger partial charge in [0, 0.05) is 32.2 Å². The molecule has 0 spiro atoms. The van der Waals surface area contributed by atoms with Crippen LogP contribution in [0.5, 0.6) is 0 Å². The number of likely N-dealkylation sites (tertiary alicyclic amines) is 1. The normalized spacial score (nSPS) is 24.1. The van der Waals surface area contributed by atoms with Gasteiger partial charge in [0.25, 0.3) is 0 Å². The van der Waals surface area contributed by atoms with Gasteiger partial charge in [0.05, 0.1) is 13.1 Å². The summed E-state index contributed by atoms with van der Waals surface area (Å²) < 4.78 is 0. The van der Waals surface area contributed by atoms with E-state index in [1.165, 1.54) is 0 Å². The Bertz CT molecular complexity index is 340. The number of amides is 2. The lowest BCUT2D eigenvalue weighted by Gasteiger charge is -2.40. The molecule has 2 fully saturated rings. The number of rotatable bonds is 4. The van der Waals surface area contributed by atoms with Gasteiger partial charge in [-0.25, -0.2) is 0 Å². The van der Waals surface area contributed by atoms with Crippen LogP contribution in [-0.2, 0) is 9.59 Å². The fourth-order valence-corrected chi connectivity index (χ4v) is 2.89. The molecule has 1 atom stereocenters. The Balaban J connectivity index is 0.00000200. The Morgan fingerprint density at radius 3 is 2.95 bits per heavy atom. The molecule has 0 aromatic carbocycles. The van der Waals surface area contributed by atoms with Crippen LogP contribution in [-0.4, -0.2) is 73.5 Å². The number of halogens is 1. The van der Waals surface area contributed by atoms with Crippen molar-refractivity contribution >= 4 is 24.2 Å². The van der Waals surface area contributed by atoms with Gasteiger partial charge in [-0.05, 0) is 26.3 Å². The second-order valence-corrected chi connectivity index (χ2v) is 5.25. The van der Waals surface area contributed by atoms with E-state index in [9.17, 15) is 9.59 Å². The van der Waals surface area contributed by atoms with Gasteiger partial charge < -0.3 is 15.5 Å². The standard InChI is InChI=1S/C13H24N4O2.ClH/c1-2-15-12(18)10-16-6-3-4-11(9-16)17-7-5-14-8-13(17)19;/h11,14H,2-10H2,1H3,(H,15,18);1H. The first-order valence-electron chi connectivity index (χ1n) is 7.20. The maximum Gasteiger partial charge on any atom is 0.236 e. The zero-order valence-electron chi connectivity index (χ0n) is 12.1. The largest absolute Gasteiger partial charge is 0.355 e. The molecule has 0 radical (unpaired) electrons. The van der Waals surface area contributed by atoms with E-state index in [1.54, 1.807) is 0 Å². The fourth-order valence-electron chi connectivity index (χ4n) is 2.89. The molecule has 2 rings (SSSR count). The molecule has 0 aliphatic carbocycles. The molecule has 2 amide bonds. The topological polar surface area (TPSA) is 64.7 Å². The first kappa shape index (κ1) is 17.2. The van der Waals surface area contributed by atoms with Crippen molar-refractivity contribution in [1.82, 2.24) is 20.4 Å². The number of piperidine rings is 1. The molecule has 6 nitrogen and oxygen atoms in total. The van der Waals surface area contributed by atoms with Crippen molar-refractivity contribution in [3.05, 3.63) is 0 Å². The molecule has 2 heterocycles. The van der Waals surface area contributed by atoms with Crippen molar-refractivity contribution in [2.24, 2.45) is 0 Å². The molecular weight excluding hydrogens is 280 g/mol. The van der Waals surface area contributed by atoms with Crippen LogP contribution in [0, 0.1) is 0 Å². The van der Waals surface area contributed by atoms with Crippen molar-refractivity contribution in [1.29, 1.82) is 0 Å². The van der Waals surface area contributed by atoms with Crippen LogP contribution in [0.2, 0.25) is 0 Å². The third kappa shape index (κ3) is 4.61. The van der Waals surface area contributed by atoms with Gasteiger partial charge in [-0.2, -0.15) is 0 Å². The highest BCUT2D eigenvalue weighted by atomic mass is 35.5. The molecule has 2 aliphatic rings. The summed E-state index contributed by atoms with van der Waals surface area (Å²) in [6.45, 7) is 6.94. The molecule has 2 N–H and O–H groups in total. The Labute approximate surface area is 126 Å². The number of carbonyl (C=O) groups is 2. The minimum atomic E-state index is 0. The predicted molar refractivity (Wildman–Crippen MR) is 80.0 cm³/mol. The highest BCUT2D eigenvalue weighted by molar-refractivity contribution is 5.85. The smallest absolute Gasteiger partial charge is 0.236 e. The van der Waals surface area contributed by atoms with E-state index in [-0.39, 0.29) is 30.3 Å². The minimum absolute atomic E-state index is 0. The van der Waals surface area contributed by atoms with Gasteiger partial charge in [0.2, 0.25) is 11.8 Å². The molecule has 0 aromatic rings. The van der Waals surface area contributed by atoms with Crippen LogP contribution < -0.4 is 10.6 Å². The van der Waals surface area contributed by atoms with Crippen LogP contribution in [0.1, 0.15) is 19.8 Å². The molecule has 0 bridgehead atoms. The molecule has 2 saturated heterocycles. The van der Waals surface area contributed by atoms with Crippen LogP contribution in [0.3, 0.4) is 0 Å². The molecule has 0 aromatic heterocycles. The Morgan fingerprint density at radius 1 is 1.45 bits per heavy atom. The third-order valence-corrected chi connectivity index (χ3v) is 3.79. The van der Waals surface area contributed by atoms with E-state index >= 15 is 0 Å². The van der Waals surface area contributed by atoms with Gasteiger partial charge in [-0.15, -0.1) is 12.4 Å². The SMILES string of the molecule is CCNC(=O)CN1CCCC(N2CCNCC2=O)C1.Cl. The maximum absolute atomic E-state index is 11.9. The first-order chi connectivity index (χ1) is 9.20. The van der Waals surface area contributed by atoms with Crippen molar-refractivity contribution < 1.29 is 9.59 Å². The van der Waals surface area contributed by atoms with E-state index in [4.69, 9.17) is 0 Å². The summed E-state index contributed by atoms with van der Waals surface area (Å²) in [6.07, 6.45) is 2.11. The number of carbonyl (C=O) groups excluding carboxylic acids is 2. The average Bonchev–Trinajstić information content (AvgIpc) is 2.40. The monoisotopic (exact) mass is 304 g/mol. The summed E-state index contributed by atoms with van der Waals surface area (Å²) in [5, 5.41) is 5.92. The van der Waals surface area contributed by atoms with Crippen molar-refractivity contribution in [3.63, 3.8) is 0 Å². The van der Waals surface area contributed by atoms with E-state index in [0.29, 0.717) is 19.6 Å². The highest BCUT2D eigenvalue weighted by Crippen LogP contribution is 2.16. The molecule has 116 valence electrons. The third-order valence-electron chi connectivity index (χ3n) is 3.79. The summed E-state index contributed by atoms with van der Waals surface area (Å²) in [5.74, 6) is 0.269. The second-order valence-electron chi connectivity index (χ2n) is 5.25. The van der Waals surface area contributed by atoms with Gasteiger partial charge in [-0.1, -0.05) is 0 Å². The predicted octanol–water partition coefficient (Wildman–Crippen LogP) is -0.559. The van der Waals surface area contributed by atoms with E-state index in [1.807, 2.05) is 11.8 Å². The lowest BCUT2D eigenvalue weighted by molar-refractivity contribution is -0.135. The van der Waals surface area contributed by atoms with Gasteiger partial charge in [-0.3, -0.25) is 14.5 Å². The minimum Gasteiger partial charge on any atom is -0.355 e. The lowest BCUT2D eigenvalue weighted by atomic mass is 10.0. The highest BCUT2D eigenvalue weighted by Gasteiger charge is 2.30. The summed E-state index contributed by atoms with van der Waals surface area (Å²) in [6, 6.07) is 0.276. The second kappa shape index (κ2) is 8.44. The Morgan fingerprint density at radius 2 is 2.25 bits per heavy atom. The number of nitrogens with zero attached hydrogens (tertiary/aromatic N) is 2. The van der Waals surface area contributed by atoms with E-state index < -0.39 is 0 Å². The number of likely N-dealkylation sites (N-methyl/N-ethyl adjacent to an activating group) is 1. The zero-order valence-corrected chi connectivity index (χ0v) is 12.9. The average molecular weight is 305 g/mol. The van der Waals surface area contributed by atoms with Crippen LogP contribution >= 0.6 is 12.4 Å². The lowest BCUT2D eigenvalue weighted by Crippen LogP contribution is -2.57. The van der Waals surface area contributed by atoms with Crippen LogP contribution in [0.25, 0.3) is 0 Å². The fraction of sp³-hybridized carbons (Fsp3) is 0.846. The summed E-state index contributed by atoms with van der Waals surface area (Å²) in [7, 11) is 0. The number of hydrogen-bond acceptors (Lipinski definition) is 4. The number of piperazine rings is 1. The van der Waals surface area contributed by atoms with Crippen LogP contribution in [0.15, 0.2) is 0 Å². The molecule has 7 heteroatoms. The molecular formula is C13H25ClN4O2. The maximum atomic E-state index is 11.9. The van der Waals surface area contributed by atoms with Crippen molar-refractivity contribution in [2.75, 3.05) is 45.8 Å². The van der Waals surface area contributed by atoms with Crippen molar-refractivity contribution in [2.45, 2.75) is 25.8 Å². The quantitative estimate of drug-likeness (QED) is 0.731. The summed E-state index contributed by atoms with van der Waals surface area (Å²) in [4.78, 5) is 27.7. The van der Waals surface area contributed by atoms with Gasteiger partial charge in [0.1, 0.15) is 0 Å². The molecule has 2 aliphatic heterocycles.